The summed E-state index contributed by atoms with van der Waals surface area (Å²) in [6.07, 6.45) is 1.44. The second-order valence-electron chi connectivity index (χ2n) is 6.87. The molecule has 3 aromatic carbocycles. The quantitative estimate of drug-likeness (QED) is 0.225. The molecule has 0 saturated carbocycles. The minimum absolute atomic E-state index is 0.0888. The first-order chi connectivity index (χ1) is 16.4. The second kappa shape index (κ2) is 11.8. The van der Waals surface area contributed by atoms with E-state index in [1.165, 1.54) is 37.5 Å². The van der Waals surface area contributed by atoms with E-state index >= 15 is 0 Å². The van der Waals surface area contributed by atoms with Crippen LogP contribution in [-0.4, -0.2) is 25.5 Å². The van der Waals surface area contributed by atoms with Gasteiger partial charge in [0.1, 0.15) is 17.5 Å². The SMILES string of the molecule is COc1cc(/C=C(\C#N)C(=O)Nc2ccccc2)cc(I)c1OCC(=O)Nc1ccc(F)cc1. The molecule has 3 aromatic rings. The van der Waals surface area contributed by atoms with Crippen LogP contribution in [0.25, 0.3) is 6.08 Å². The molecular formula is C25H19FIN3O4. The van der Waals surface area contributed by atoms with Crippen molar-refractivity contribution >= 4 is 51.9 Å². The first-order valence-electron chi connectivity index (χ1n) is 9.93. The highest BCUT2D eigenvalue weighted by Crippen LogP contribution is 2.34. The Hall–Kier alpha value is -3.91. The van der Waals surface area contributed by atoms with Crippen LogP contribution in [0.15, 0.2) is 72.3 Å². The highest BCUT2D eigenvalue weighted by Gasteiger charge is 2.15. The van der Waals surface area contributed by atoms with Gasteiger partial charge in [0.2, 0.25) is 0 Å². The van der Waals surface area contributed by atoms with Crippen LogP contribution in [0, 0.1) is 20.7 Å². The molecule has 34 heavy (non-hydrogen) atoms. The van der Waals surface area contributed by atoms with Gasteiger partial charge in [0.05, 0.1) is 10.7 Å². The Morgan fingerprint density at radius 2 is 1.74 bits per heavy atom. The number of anilines is 2. The number of nitrogens with zero attached hydrogens (tertiary/aromatic N) is 1. The Kier molecular flexibility index (Phi) is 8.59. The Bertz CT molecular complexity index is 1260. The lowest BCUT2D eigenvalue weighted by Gasteiger charge is -2.14. The fraction of sp³-hybridized carbons (Fsp3) is 0.0800. The van der Waals surface area contributed by atoms with Crippen LogP contribution in [0.2, 0.25) is 0 Å². The van der Waals surface area contributed by atoms with Crippen molar-refractivity contribution in [1.29, 1.82) is 5.26 Å². The van der Waals surface area contributed by atoms with Gasteiger partial charge in [-0.05, 0) is 82.8 Å². The number of carbonyl (C=O) groups is 2. The predicted molar refractivity (Wildman–Crippen MR) is 135 cm³/mol. The smallest absolute Gasteiger partial charge is 0.266 e. The average molecular weight is 571 g/mol. The van der Waals surface area contributed by atoms with Gasteiger partial charge < -0.3 is 20.1 Å². The van der Waals surface area contributed by atoms with Crippen LogP contribution in [-0.2, 0) is 9.59 Å². The number of para-hydroxylation sites is 1. The Morgan fingerprint density at radius 3 is 2.38 bits per heavy atom. The molecule has 9 heteroatoms. The third-order valence-electron chi connectivity index (χ3n) is 4.44. The lowest BCUT2D eigenvalue weighted by atomic mass is 10.1. The minimum atomic E-state index is -0.541. The zero-order valence-corrected chi connectivity index (χ0v) is 20.1. The average Bonchev–Trinajstić information content (AvgIpc) is 2.83. The topological polar surface area (TPSA) is 100 Å². The van der Waals surface area contributed by atoms with Crippen LogP contribution < -0.4 is 20.1 Å². The molecule has 0 radical (unpaired) electrons. The van der Waals surface area contributed by atoms with E-state index in [1.807, 2.05) is 34.7 Å². The largest absolute Gasteiger partial charge is 0.493 e. The van der Waals surface area contributed by atoms with Gasteiger partial charge in [-0.25, -0.2) is 4.39 Å². The fourth-order valence-electron chi connectivity index (χ4n) is 2.87. The van der Waals surface area contributed by atoms with Gasteiger partial charge in [0.25, 0.3) is 11.8 Å². The number of ether oxygens (including phenoxy) is 2. The molecule has 172 valence electrons. The number of carbonyl (C=O) groups excluding carboxylic acids is 2. The molecule has 0 aliphatic rings. The molecule has 0 saturated heterocycles. The van der Waals surface area contributed by atoms with E-state index < -0.39 is 17.6 Å². The van der Waals surface area contributed by atoms with Crippen molar-refractivity contribution in [2.45, 2.75) is 0 Å². The maximum Gasteiger partial charge on any atom is 0.266 e. The molecule has 0 aromatic heterocycles. The van der Waals surface area contributed by atoms with Gasteiger partial charge in [0, 0.05) is 11.4 Å². The zero-order valence-electron chi connectivity index (χ0n) is 18.0. The molecule has 0 spiro atoms. The van der Waals surface area contributed by atoms with Gasteiger partial charge in [-0.1, -0.05) is 18.2 Å². The second-order valence-corrected chi connectivity index (χ2v) is 8.03. The van der Waals surface area contributed by atoms with Crippen LogP contribution in [0.4, 0.5) is 15.8 Å². The van der Waals surface area contributed by atoms with Crippen LogP contribution in [0.1, 0.15) is 5.56 Å². The predicted octanol–water partition coefficient (Wildman–Crippen LogP) is 5.00. The highest BCUT2D eigenvalue weighted by atomic mass is 127. The van der Waals surface area contributed by atoms with E-state index in [9.17, 15) is 19.2 Å². The summed E-state index contributed by atoms with van der Waals surface area (Å²) < 4.78 is 24.6. The van der Waals surface area contributed by atoms with Crippen molar-refractivity contribution in [3.63, 3.8) is 0 Å². The van der Waals surface area contributed by atoms with E-state index in [1.54, 1.807) is 36.4 Å². The number of hydrogen-bond donors (Lipinski definition) is 2. The third-order valence-corrected chi connectivity index (χ3v) is 5.24. The molecule has 0 heterocycles. The van der Waals surface area contributed by atoms with Crippen molar-refractivity contribution in [3.05, 3.63) is 87.3 Å². The van der Waals surface area contributed by atoms with Crippen LogP contribution in [0.3, 0.4) is 0 Å². The molecule has 0 unspecified atom stereocenters. The zero-order chi connectivity index (χ0) is 24.5. The molecule has 0 atom stereocenters. The molecule has 0 aliphatic heterocycles. The van der Waals surface area contributed by atoms with Gasteiger partial charge >= 0.3 is 0 Å². The molecule has 3 rings (SSSR count). The molecule has 0 fully saturated rings. The van der Waals surface area contributed by atoms with Gasteiger partial charge in [-0.3, -0.25) is 9.59 Å². The highest BCUT2D eigenvalue weighted by molar-refractivity contribution is 14.1. The lowest BCUT2D eigenvalue weighted by Crippen LogP contribution is -2.20. The van der Waals surface area contributed by atoms with E-state index in [-0.39, 0.29) is 12.2 Å². The van der Waals surface area contributed by atoms with Crippen molar-refractivity contribution in [3.8, 4) is 17.6 Å². The number of amides is 2. The summed E-state index contributed by atoms with van der Waals surface area (Å²) in [5.41, 5.74) is 1.47. The number of nitriles is 1. The number of nitrogens with one attached hydrogen (secondary N) is 2. The molecule has 7 nitrogen and oxygen atoms in total. The fourth-order valence-corrected chi connectivity index (χ4v) is 3.65. The third kappa shape index (κ3) is 6.79. The summed E-state index contributed by atoms with van der Waals surface area (Å²) in [5, 5.41) is 14.7. The number of rotatable bonds is 8. The van der Waals surface area contributed by atoms with Crippen molar-refractivity contribution in [1.82, 2.24) is 0 Å². The van der Waals surface area contributed by atoms with Gasteiger partial charge in [0.15, 0.2) is 18.1 Å². The lowest BCUT2D eigenvalue weighted by molar-refractivity contribution is -0.118. The van der Waals surface area contributed by atoms with Gasteiger partial charge in [-0.2, -0.15) is 5.26 Å². The monoisotopic (exact) mass is 571 g/mol. The normalized spacial score (nSPS) is 10.7. The molecular weight excluding hydrogens is 552 g/mol. The van der Waals surface area contributed by atoms with E-state index in [4.69, 9.17) is 9.47 Å². The van der Waals surface area contributed by atoms with E-state index in [0.717, 1.165) is 0 Å². The standard InChI is InChI=1S/C25H19FIN3O4/c1-33-22-13-16(11-17(14-28)25(32)30-19-5-3-2-4-6-19)12-21(27)24(22)34-15-23(31)29-20-9-7-18(26)8-10-20/h2-13H,15H2,1H3,(H,29,31)(H,30,32)/b17-11+. The molecule has 2 N–H and O–H groups in total. The molecule has 0 aliphatic carbocycles. The van der Waals surface area contributed by atoms with Gasteiger partial charge in [-0.15, -0.1) is 0 Å². The van der Waals surface area contributed by atoms with Crippen molar-refractivity contribution in [2.75, 3.05) is 24.4 Å². The maximum atomic E-state index is 13.0. The van der Waals surface area contributed by atoms with E-state index in [2.05, 4.69) is 10.6 Å². The first kappa shape index (κ1) is 24.7. The summed E-state index contributed by atoms with van der Waals surface area (Å²) in [7, 11) is 1.44. The van der Waals surface area contributed by atoms with E-state index in [0.29, 0.717) is 32.0 Å². The summed E-state index contributed by atoms with van der Waals surface area (Å²) in [4.78, 5) is 24.7. The summed E-state index contributed by atoms with van der Waals surface area (Å²) >= 11 is 2.01. The van der Waals surface area contributed by atoms with Crippen LogP contribution in [0.5, 0.6) is 11.5 Å². The Labute approximate surface area is 209 Å². The number of methoxy groups -OCH3 is 1. The Balaban J connectivity index is 1.72. The van der Waals surface area contributed by atoms with Crippen molar-refractivity contribution < 1.29 is 23.5 Å². The molecule has 2 amide bonds. The van der Waals surface area contributed by atoms with Crippen molar-refractivity contribution in [2.24, 2.45) is 0 Å². The molecule has 0 bridgehead atoms. The minimum Gasteiger partial charge on any atom is -0.493 e. The Morgan fingerprint density at radius 1 is 1.06 bits per heavy atom. The summed E-state index contributed by atoms with van der Waals surface area (Å²) in [6, 6.07) is 19.4. The first-order valence-corrected chi connectivity index (χ1v) is 11.0. The van der Waals surface area contributed by atoms with Crippen LogP contribution >= 0.6 is 22.6 Å². The number of benzene rings is 3. The maximum absolute atomic E-state index is 13.0. The number of hydrogen-bond acceptors (Lipinski definition) is 5. The summed E-state index contributed by atoms with van der Waals surface area (Å²) in [5.74, 6) is -0.715. The number of halogens is 2. The summed E-state index contributed by atoms with van der Waals surface area (Å²) in [6.45, 7) is -0.304.